The molecule has 0 bridgehead atoms. The van der Waals surface area contributed by atoms with Crippen molar-refractivity contribution < 1.29 is 14.6 Å². The molecule has 21 heavy (non-hydrogen) atoms. The molecule has 1 aromatic carbocycles. The number of aliphatic hydroxyl groups is 1. The van der Waals surface area contributed by atoms with Crippen molar-refractivity contribution in [3.8, 4) is 0 Å². The van der Waals surface area contributed by atoms with Crippen LogP contribution < -0.4 is 5.32 Å². The number of aromatic nitrogens is 1. The Kier molecular flexibility index (Phi) is 3.83. The highest BCUT2D eigenvalue weighted by molar-refractivity contribution is 5.68. The van der Waals surface area contributed by atoms with Crippen LogP contribution in [0.2, 0.25) is 0 Å². The number of rotatable bonds is 3. The third kappa shape index (κ3) is 3.03. The lowest BCUT2D eigenvalue weighted by Crippen LogP contribution is -2.34. The number of pyridine rings is 1. The van der Waals surface area contributed by atoms with Crippen molar-refractivity contribution in [3.05, 3.63) is 65.5 Å². The standard InChI is InChI=1S/C16H16N2O3/c19-14-9-12-3-1-2-4-13(12)15(14)18-16(20)21-10-11-5-7-17-8-6-11/h1-8,14-15,19H,9-10H2,(H,18,20). The number of nitrogens with zero attached hydrogens (tertiary/aromatic N) is 1. The summed E-state index contributed by atoms with van der Waals surface area (Å²) < 4.78 is 5.16. The SMILES string of the molecule is O=C(NC1c2ccccc2CC1O)OCc1ccncc1. The summed E-state index contributed by atoms with van der Waals surface area (Å²) in [6.07, 6.45) is 2.69. The molecule has 5 nitrogen and oxygen atoms in total. The molecule has 0 aliphatic heterocycles. The molecule has 0 fully saturated rings. The van der Waals surface area contributed by atoms with E-state index in [1.807, 2.05) is 24.3 Å². The van der Waals surface area contributed by atoms with Crippen LogP contribution in [0.5, 0.6) is 0 Å². The molecule has 0 saturated carbocycles. The summed E-state index contributed by atoms with van der Waals surface area (Å²) >= 11 is 0. The van der Waals surface area contributed by atoms with Gasteiger partial charge in [0.2, 0.25) is 0 Å². The Morgan fingerprint density at radius 2 is 2.05 bits per heavy atom. The number of benzene rings is 1. The van der Waals surface area contributed by atoms with Crippen LogP contribution in [0.4, 0.5) is 4.79 Å². The number of fused-ring (bicyclic) bond motifs is 1. The first-order valence-corrected chi connectivity index (χ1v) is 6.82. The van der Waals surface area contributed by atoms with Gasteiger partial charge in [0.15, 0.2) is 0 Å². The van der Waals surface area contributed by atoms with Gasteiger partial charge in [0.05, 0.1) is 12.1 Å². The first-order valence-electron chi connectivity index (χ1n) is 6.82. The topological polar surface area (TPSA) is 71.5 Å². The minimum atomic E-state index is -0.615. The fourth-order valence-electron chi connectivity index (χ4n) is 2.54. The summed E-state index contributed by atoms with van der Waals surface area (Å²) in [6, 6.07) is 10.9. The molecule has 0 saturated heterocycles. The van der Waals surface area contributed by atoms with Crippen LogP contribution in [0.25, 0.3) is 0 Å². The Hall–Kier alpha value is -2.40. The summed E-state index contributed by atoms with van der Waals surface area (Å²) in [5.74, 6) is 0. The second-order valence-corrected chi connectivity index (χ2v) is 5.02. The smallest absolute Gasteiger partial charge is 0.408 e. The average Bonchev–Trinajstić information content (AvgIpc) is 2.82. The number of nitrogens with one attached hydrogen (secondary N) is 1. The van der Waals surface area contributed by atoms with Crippen molar-refractivity contribution in [1.29, 1.82) is 0 Å². The zero-order valence-corrected chi connectivity index (χ0v) is 11.4. The number of carbonyl (C=O) groups is 1. The third-order valence-electron chi connectivity index (χ3n) is 3.60. The van der Waals surface area contributed by atoms with Crippen LogP contribution in [0.3, 0.4) is 0 Å². The van der Waals surface area contributed by atoms with E-state index in [4.69, 9.17) is 4.74 Å². The van der Waals surface area contributed by atoms with Crippen molar-refractivity contribution in [2.75, 3.05) is 0 Å². The normalized spacial score (nSPS) is 19.9. The molecule has 5 heteroatoms. The zero-order valence-electron chi connectivity index (χ0n) is 11.4. The van der Waals surface area contributed by atoms with Crippen molar-refractivity contribution in [1.82, 2.24) is 10.3 Å². The maximum Gasteiger partial charge on any atom is 0.408 e. The van der Waals surface area contributed by atoms with Crippen molar-refractivity contribution in [2.24, 2.45) is 0 Å². The van der Waals surface area contributed by atoms with Gasteiger partial charge < -0.3 is 15.2 Å². The predicted molar refractivity (Wildman–Crippen MR) is 76.5 cm³/mol. The van der Waals surface area contributed by atoms with Crippen LogP contribution >= 0.6 is 0 Å². The van der Waals surface area contributed by atoms with Gasteiger partial charge in [-0.2, -0.15) is 0 Å². The van der Waals surface area contributed by atoms with Gasteiger partial charge in [0.1, 0.15) is 6.61 Å². The van der Waals surface area contributed by atoms with E-state index in [9.17, 15) is 9.90 Å². The van der Waals surface area contributed by atoms with Crippen molar-refractivity contribution in [3.63, 3.8) is 0 Å². The van der Waals surface area contributed by atoms with Gasteiger partial charge >= 0.3 is 6.09 Å². The number of aliphatic hydroxyl groups excluding tert-OH is 1. The molecule has 2 aromatic rings. The molecular formula is C16H16N2O3. The van der Waals surface area contributed by atoms with Crippen LogP contribution in [0.1, 0.15) is 22.7 Å². The van der Waals surface area contributed by atoms with Gasteiger partial charge in [0.25, 0.3) is 0 Å². The number of alkyl carbamates (subject to hydrolysis) is 1. The summed E-state index contributed by atoms with van der Waals surface area (Å²) in [7, 11) is 0. The zero-order chi connectivity index (χ0) is 14.7. The minimum absolute atomic E-state index is 0.179. The molecule has 2 unspecified atom stereocenters. The molecule has 2 atom stereocenters. The monoisotopic (exact) mass is 284 g/mol. The van der Waals surface area contributed by atoms with E-state index in [1.54, 1.807) is 24.5 Å². The Morgan fingerprint density at radius 1 is 1.29 bits per heavy atom. The average molecular weight is 284 g/mol. The molecule has 1 heterocycles. The van der Waals surface area contributed by atoms with Gasteiger partial charge in [-0.1, -0.05) is 24.3 Å². The fraction of sp³-hybridized carbons (Fsp3) is 0.250. The predicted octanol–water partition coefficient (Wildman–Crippen LogP) is 1.97. The lowest BCUT2D eigenvalue weighted by Gasteiger charge is -2.17. The second kappa shape index (κ2) is 5.93. The van der Waals surface area contributed by atoms with Crippen LogP contribution in [0, 0.1) is 0 Å². The summed E-state index contributed by atoms with van der Waals surface area (Å²) in [5, 5.41) is 12.8. The maximum atomic E-state index is 11.9. The van der Waals surface area contributed by atoms with E-state index >= 15 is 0 Å². The van der Waals surface area contributed by atoms with E-state index in [0.29, 0.717) is 6.42 Å². The lowest BCUT2D eigenvalue weighted by molar-refractivity contribution is 0.109. The maximum absolute atomic E-state index is 11.9. The Labute approximate surface area is 122 Å². The Bertz CT molecular complexity index is 630. The molecule has 3 rings (SSSR count). The highest BCUT2D eigenvalue weighted by Gasteiger charge is 2.32. The minimum Gasteiger partial charge on any atom is -0.445 e. The quantitative estimate of drug-likeness (QED) is 0.904. The summed E-state index contributed by atoms with van der Waals surface area (Å²) in [6.45, 7) is 0.179. The highest BCUT2D eigenvalue weighted by atomic mass is 16.5. The molecule has 1 aliphatic rings. The van der Waals surface area contributed by atoms with Gasteiger partial charge in [-0.3, -0.25) is 4.98 Å². The largest absolute Gasteiger partial charge is 0.445 e. The van der Waals surface area contributed by atoms with Crippen molar-refractivity contribution in [2.45, 2.75) is 25.2 Å². The second-order valence-electron chi connectivity index (χ2n) is 5.02. The van der Waals surface area contributed by atoms with Crippen LogP contribution in [-0.4, -0.2) is 22.3 Å². The van der Waals surface area contributed by atoms with Gasteiger partial charge in [-0.05, 0) is 28.8 Å². The fourth-order valence-corrected chi connectivity index (χ4v) is 2.54. The Balaban J connectivity index is 1.60. The number of carbonyl (C=O) groups excluding carboxylic acids is 1. The molecule has 1 amide bonds. The third-order valence-corrected chi connectivity index (χ3v) is 3.60. The van der Waals surface area contributed by atoms with E-state index in [2.05, 4.69) is 10.3 Å². The number of hydrogen-bond donors (Lipinski definition) is 2. The van der Waals surface area contributed by atoms with Gasteiger partial charge in [-0.15, -0.1) is 0 Å². The summed E-state index contributed by atoms with van der Waals surface area (Å²) in [5.41, 5.74) is 2.88. The number of ether oxygens (including phenoxy) is 1. The Morgan fingerprint density at radius 3 is 2.86 bits per heavy atom. The first kappa shape index (κ1) is 13.6. The van der Waals surface area contributed by atoms with E-state index in [-0.39, 0.29) is 6.61 Å². The van der Waals surface area contributed by atoms with Crippen LogP contribution in [-0.2, 0) is 17.8 Å². The van der Waals surface area contributed by atoms with Crippen molar-refractivity contribution >= 4 is 6.09 Å². The van der Waals surface area contributed by atoms with Gasteiger partial charge in [0, 0.05) is 18.8 Å². The molecule has 108 valence electrons. The molecule has 1 aromatic heterocycles. The van der Waals surface area contributed by atoms with Gasteiger partial charge in [-0.25, -0.2) is 4.79 Å². The van der Waals surface area contributed by atoms with E-state index in [1.165, 1.54) is 0 Å². The van der Waals surface area contributed by atoms with Crippen LogP contribution in [0.15, 0.2) is 48.8 Å². The molecule has 0 radical (unpaired) electrons. The molecule has 0 spiro atoms. The first-order chi connectivity index (χ1) is 10.2. The lowest BCUT2D eigenvalue weighted by atomic mass is 10.1. The summed E-state index contributed by atoms with van der Waals surface area (Å²) in [4.78, 5) is 15.8. The van der Waals surface area contributed by atoms with E-state index < -0.39 is 18.2 Å². The molecule has 1 aliphatic carbocycles. The molecule has 2 N–H and O–H groups in total. The number of amides is 1. The molecular weight excluding hydrogens is 268 g/mol. The van der Waals surface area contributed by atoms with E-state index in [0.717, 1.165) is 16.7 Å². The highest BCUT2D eigenvalue weighted by Crippen LogP contribution is 2.31. The number of hydrogen-bond acceptors (Lipinski definition) is 4.